The lowest BCUT2D eigenvalue weighted by Crippen LogP contribution is -2.25. The number of fused-ring (bicyclic) bond motifs is 2. The molecule has 0 fully saturated rings. The van der Waals surface area contributed by atoms with Crippen LogP contribution in [-0.2, 0) is 0 Å². The molecule has 2 aromatic carbocycles. The van der Waals surface area contributed by atoms with E-state index in [-0.39, 0.29) is 0 Å². The van der Waals surface area contributed by atoms with Crippen LogP contribution >= 0.6 is 31.9 Å². The van der Waals surface area contributed by atoms with E-state index in [4.69, 9.17) is 6.63 Å². The minimum atomic E-state index is -1.00. The van der Waals surface area contributed by atoms with Gasteiger partial charge in [-0.1, -0.05) is 31.9 Å². The molecule has 136 valence electrons. The van der Waals surface area contributed by atoms with Crippen molar-refractivity contribution in [2.75, 3.05) is 7.15 Å². The predicted octanol–water partition coefficient (Wildman–Crippen LogP) is 5.69. The van der Waals surface area contributed by atoms with Gasteiger partial charge in [-0.05, 0) is 48.5 Å². The van der Waals surface area contributed by atoms with E-state index in [2.05, 4.69) is 36.8 Å². The van der Waals surface area contributed by atoms with Crippen molar-refractivity contribution in [1.29, 1.82) is 5.26 Å². The molecule has 0 bridgehead atoms. The zero-order chi connectivity index (χ0) is 20.5. The van der Waals surface area contributed by atoms with Gasteiger partial charge in [0.2, 0.25) is 5.52 Å². The normalized spacial score (nSPS) is 10.1. The topological polar surface area (TPSA) is 63.6 Å². The molecule has 27 heavy (non-hydrogen) atoms. The molecule has 0 aliphatic rings. The highest BCUT2D eigenvalue weighted by Crippen LogP contribution is 2.18. The lowest BCUT2D eigenvalue weighted by Gasteiger charge is -1.99. The van der Waals surface area contributed by atoms with E-state index < -0.39 is 7.15 Å². The average molecular weight is 492 g/mol. The van der Waals surface area contributed by atoms with E-state index in [0.29, 0.717) is 11.2 Å². The van der Waals surface area contributed by atoms with E-state index in [1.165, 1.54) is 6.20 Å². The molecule has 7 heteroatoms. The molecule has 2 aromatic heterocycles. The lowest BCUT2D eigenvalue weighted by atomic mass is 10.2. The molecule has 0 radical (unpaired) electrons. The summed E-state index contributed by atoms with van der Waals surface area (Å²) in [6.45, 7) is 0. The first-order valence-corrected chi connectivity index (χ1v) is 9.16. The van der Waals surface area contributed by atoms with Crippen molar-refractivity contribution >= 4 is 53.7 Å². The van der Waals surface area contributed by atoms with Crippen LogP contribution in [0.2, 0.25) is 0 Å². The first kappa shape index (κ1) is 19.2. The second-order valence-corrected chi connectivity index (χ2v) is 7.01. The Morgan fingerprint density at radius 3 is 2.44 bits per heavy atom. The maximum Gasteiger partial charge on any atom is 0.223 e. The molecular weight excluding hydrogens is 477 g/mol. The first-order valence-electron chi connectivity index (χ1n) is 8.28. The number of pyridine rings is 2. The molecule has 4 nitrogen and oxygen atoms in total. The Hall–Kier alpha value is -2.56. The number of benzene rings is 2. The molecule has 0 spiro atoms. The fourth-order valence-electron chi connectivity index (χ4n) is 2.32. The Labute approximate surface area is 174 Å². The number of rotatable bonds is 0. The van der Waals surface area contributed by atoms with Gasteiger partial charge < -0.3 is 5.21 Å². The van der Waals surface area contributed by atoms with E-state index in [0.717, 1.165) is 30.0 Å². The molecule has 0 aliphatic heterocycles. The summed E-state index contributed by atoms with van der Waals surface area (Å²) in [6.07, 6.45) is 1.50. The third kappa shape index (κ3) is 5.46. The smallest absolute Gasteiger partial charge is 0.223 e. The zero-order valence-corrected chi connectivity index (χ0v) is 17.1. The highest BCUT2D eigenvalue weighted by atomic mass is 79.9. The minimum Gasteiger partial charge on any atom is -0.618 e. The maximum absolute atomic E-state index is 11.2. The van der Waals surface area contributed by atoms with Crippen molar-refractivity contribution < 1.29 is 10.5 Å². The van der Waals surface area contributed by atoms with Gasteiger partial charge in [0, 0.05) is 31.9 Å². The van der Waals surface area contributed by atoms with Crippen molar-refractivity contribution in [2.45, 2.75) is 0 Å². The Balaban J connectivity index is 0.000000176. The van der Waals surface area contributed by atoms with Crippen molar-refractivity contribution in [2.24, 2.45) is 0 Å². The molecule has 4 rings (SSSR count). The zero-order valence-electron chi connectivity index (χ0n) is 14.9. The van der Waals surface area contributed by atoms with Gasteiger partial charge in [-0.25, -0.2) is 4.98 Å². The van der Waals surface area contributed by atoms with E-state index in [1.807, 2.05) is 48.5 Å². The average Bonchev–Trinajstić information content (AvgIpc) is 2.68. The van der Waals surface area contributed by atoms with Gasteiger partial charge in [0.1, 0.15) is 11.8 Å². The lowest BCUT2D eigenvalue weighted by molar-refractivity contribution is -0.577. The largest absolute Gasteiger partial charge is 0.618 e. The molecule has 0 saturated carbocycles. The van der Waals surface area contributed by atoms with E-state index in [1.54, 1.807) is 18.2 Å². The van der Waals surface area contributed by atoms with Crippen LogP contribution in [0.4, 0.5) is 4.39 Å². The summed E-state index contributed by atoms with van der Waals surface area (Å²) in [5.41, 5.74) is 2.00. The predicted molar refractivity (Wildman–Crippen MR) is 112 cm³/mol. The fourth-order valence-corrected chi connectivity index (χ4v) is 3.08. The van der Waals surface area contributed by atoms with Crippen LogP contribution in [-0.4, -0.2) is 12.1 Å². The highest BCUT2D eigenvalue weighted by Gasteiger charge is 2.01. The molecule has 4 aromatic rings. The number of halogens is 3. The van der Waals surface area contributed by atoms with Crippen molar-refractivity contribution in [3.05, 3.63) is 86.7 Å². The monoisotopic (exact) mass is 490 g/mol. The standard InChI is InChI=1S/C10H5BrN2.C9H6BrNO.CH3F/c11-8-2-4-10-7(5-8)1-3-9(6-12)13-10;10-8-3-4-9-7(6-8)2-1-5-11(9)12;1-2/h1-5H;1-6H;1H3/i;;1D. The molecule has 0 aliphatic carbocycles. The quantitative estimate of drug-likeness (QED) is 0.234. The van der Waals surface area contributed by atoms with Crippen LogP contribution in [0.5, 0.6) is 0 Å². The minimum absolute atomic E-state index is 0.454. The third-order valence-electron chi connectivity index (χ3n) is 3.49. The van der Waals surface area contributed by atoms with Crippen LogP contribution in [0.15, 0.2) is 75.8 Å². The van der Waals surface area contributed by atoms with E-state index >= 15 is 0 Å². The summed E-state index contributed by atoms with van der Waals surface area (Å²) in [5, 5.41) is 21.8. The van der Waals surface area contributed by atoms with Gasteiger partial charge in [-0.2, -0.15) is 9.99 Å². The van der Waals surface area contributed by atoms with E-state index in [9.17, 15) is 9.60 Å². The summed E-state index contributed by atoms with van der Waals surface area (Å²) < 4.78 is 18.4. The van der Waals surface area contributed by atoms with Crippen LogP contribution in [0.1, 0.15) is 7.06 Å². The molecular formula is C20H14Br2FN3O. The summed E-state index contributed by atoms with van der Waals surface area (Å²) in [6, 6.07) is 20.6. The molecule has 0 amide bonds. The van der Waals surface area contributed by atoms with Gasteiger partial charge in [-0.3, -0.25) is 4.39 Å². The number of nitriles is 1. The van der Waals surface area contributed by atoms with Crippen LogP contribution < -0.4 is 4.73 Å². The van der Waals surface area contributed by atoms with Gasteiger partial charge in [0.25, 0.3) is 0 Å². The van der Waals surface area contributed by atoms with Gasteiger partial charge in [0.05, 0.1) is 14.0 Å². The number of hydrogen-bond donors (Lipinski definition) is 0. The summed E-state index contributed by atoms with van der Waals surface area (Å²) in [4.78, 5) is 4.15. The first-order chi connectivity index (χ1) is 13.5. The Kier molecular flexibility index (Phi) is 7.08. The molecule has 0 unspecified atom stereocenters. The molecule has 0 saturated heterocycles. The van der Waals surface area contributed by atoms with Crippen LogP contribution in [0.25, 0.3) is 21.8 Å². The van der Waals surface area contributed by atoms with Gasteiger partial charge in [0.15, 0.2) is 6.20 Å². The Morgan fingerprint density at radius 2 is 1.74 bits per heavy atom. The second-order valence-electron chi connectivity index (χ2n) is 5.18. The second kappa shape index (κ2) is 9.95. The SMILES string of the molecule is N#Cc1ccc2cc(Br)ccc2n1.[2H]CF.[O-][n+]1cccc2cc(Br)ccc21. The highest BCUT2D eigenvalue weighted by molar-refractivity contribution is 9.10. The van der Waals surface area contributed by atoms with Crippen molar-refractivity contribution in [1.82, 2.24) is 4.98 Å². The number of aromatic nitrogens is 2. The van der Waals surface area contributed by atoms with Crippen molar-refractivity contribution in [3.8, 4) is 6.07 Å². The number of hydrogen-bond acceptors (Lipinski definition) is 3. The Morgan fingerprint density at radius 1 is 1.07 bits per heavy atom. The number of alkyl halides is 1. The van der Waals surface area contributed by atoms with Gasteiger partial charge in [-0.15, -0.1) is 0 Å². The molecule has 2 heterocycles. The van der Waals surface area contributed by atoms with Crippen LogP contribution in [0.3, 0.4) is 0 Å². The molecule has 0 N–H and O–H groups in total. The maximum atomic E-state index is 11.2. The third-order valence-corrected chi connectivity index (χ3v) is 4.48. The summed E-state index contributed by atoms with van der Waals surface area (Å²) >= 11 is 6.72. The summed E-state index contributed by atoms with van der Waals surface area (Å²) in [5.74, 6) is 0. The number of nitrogens with zero attached hydrogens (tertiary/aromatic N) is 3. The molecule has 0 atom stereocenters. The summed E-state index contributed by atoms with van der Waals surface area (Å²) in [7, 11) is -1.00. The fraction of sp³-hybridized carbons (Fsp3) is 0.0500. The van der Waals surface area contributed by atoms with Crippen LogP contribution in [0, 0.1) is 16.5 Å². The Bertz CT molecular complexity index is 1140. The van der Waals surface area contributed by atoms with Gasteiger partial charge >= 0.3 is 0 Å². The van der Waals surface area contributed by atoms with Crippen molar-refractivity contribution in [3.63, 3.8) is 0 Å².